The number of β-amino-alcohol motifs (C(OH)–C–C–N with tert-alkyl or cyclic N) is 1. The van der Waals surface area contributed by atoms with Crippen LogP contribution in [-0.2, 0) is 0 Å². The molecule has 0 aromatic heterocycles. The first-order valence-electron chi connectivity index (χ1n) is 6.88. The van der Waals surface area contributed by atoms with Crippen LogP contribution in [0, 0.1) is 0 Å². The van der Waals surface area contributed by atoms with Crippen LogP contribution < -0.4 is 5.73 Å². The molecule has 0 aromatic rings. The standard InChI is InChI=1S/C13H28N2O/c1-2-3-4-5-6-7-8-15-10-12(14)9-13(16)11-15/h12-13,16H,2-11,14H2,1H3/t12-,13-/m1/s1. The smallest absolute Gasteiger partial charge is 0.0682 e. The van der Waals surface area contributed by atoms with Crippen molar-refractivity contribution in [1.29, 1.82) is 0 Å². The Hall–Kier alpha value is -0.120. The minimum absolute atomic E-state index is 0.170. The van der Waals surface area contributed by atoms with Crippen molar-refractivity contribution in [3.8, 4) is 0 Å². The molecule has 0 aromatic carbocycles. The highest BCUT2D eigenvalue weighted by molar-refractivity contribution is 4.80. The van der Waals surface area contributed by atoms with Crippen LogP contribution in [-0.4, -0.2) is 41.8 Å². The molecule has 3 nitrogen and oxygen atoms in total. The Morgan fingerprint density at radius 3 is 2.50 bits per heavy atom. The summed E-state index contributed by atoms with van der Waals surface area (Å²) in [4.78, 5) is 2.32. The fourth-order valence-corrected chi connectivity index (χ4v) is 2.50. The highest BCUT2D eigenvalue weighted by Gasteiger charge is 2.22. The van der Waals surface area contributed by atoms with Gasteiger partial charge in [-0.25, -0.2) is 0 Å². The van der Waals surface area contributed by atoms with Gasteiger partial charge >= 0.3 is 0 Å². The van der Waals surface area contributed by atoms with Gasteiger partial charge in [0.1, 0.15) is 0 Å². The number of rotatable bonds is 7. The summed E-state index contributed by atoms with van der Waals surface area (Å²) in [6.07, 6.45) is 8.55. The van der Waals surface area contributed by atoms with Gasteiger partial charge < -0.3 is 10.8 Å². The molecule has 16 heavy (non-hydrogen) atoms. The van der Waals surface area contributed by atoms with Crippen molar-refractivity contribution in [2.45, 2.75) is 64.0 Å². The highest BCUT2D eigenvalue weighted by Crippen LogP contribution is 2.11. The van der Waals surface area contributed by atoms with E-state index in [1.807, 2.05) is 0 Å². The summed E-state index contributed by atoms with van der Waals surface area (Å²) in [5.41, 5.74) is 5.88. The molecule has 0 unspecified atom stereocenters. The van der Waals surface area contributed by atoms with Gasteiger partial charge in [0, 0.05) is 19.1 Å². The van der Waals surface area contributed by atoms with Crippen LogP contribution in [0.3, 0.4) is 0 Å². The van der Waals surface area contributed by atoms with Gasteiger partial charge in [-0.1, -0.05) is 39.0 Å². The van der Waals surface area contributed by atoms with Gasteiger partial charge in [0.2, 0.25) is 0 Å². The lowest BCUT2D eigenvalue weighted by Gasteiger charge is -2.33. The Morgan fingerprint density at radius 2 is 1.81 bits per heavy atom. The van der Waals surface area contributed by atoms with Crippen LogP contribution in [0.1, 0.15) is 51.9 Å². The number of aliphatic hydroxyl groups is 1. The van der Waals surface area contributed by atoms with Crippen LogP contribution in [0.2, 0.25) is 0 Å². The largest absolute Gasteiger partial charge is 0.392 e. The number of aliphatic hydroxyl groups excluding tert-OH is 1. The van der Waals surface area contributed by atoms with Crippen molar-refractivity contribution < 1.29 is 5.11 Å². The van der Waals surface area contributed by atoms with Gasteiger partial charge in [-0.2, -0.15) is 0 Å². The third-order valence-corrected chi connectivity index (χ3v) is 3.36. The molecule has 1 heterocycles. The Balaban J connectivity index is 1.99. The fraction of sp³-hybridized carbons (Fsp3) is 1.00. The van der Waals surface area contributed by atoms with E-state index in [4.69, 9.17) is 5.73 Å². The van der Waals surface area contributed by atoms with Crippen LogP contribution in [0.15, 0.2) is 0 Å². The van der Waals surface area contributed by atoms with E-state index in [1.165, 1.54) is 38.5 Å². The molecule has 0 amide bonds. The Morgan fingerprint density at radius 1 is 1.12 bits per heavy atom. The maximum absolute atomic E-state index is 9.60. The molecule has 3 heteroatoms. The maximum Gasteiger partial charge on any atom is 0.0682 e. The molecule has 96 valence electrons. The normalized spacial score (nSPS) is 27.2. The first kappa shape index (κ1) is 13.9. The molecule has 0 spiro atoms. The minimum Gasteiger partial charge on any atom is -0.392 e. The van der Waals surface area contributed by atoms with E-state index in [2.05, 4.69) is 11.8 Å². The van der Waals surface area contributed by atoms with E-state index in [1.54, 1.807) is 0 Å². The van der Waals surface area contributed by atoms with Crippen molar-refractivity contribution in [3.63, 3.8) is 0 Å². The summed E-state index contributed by atoms with van der Waals surface area (Å²) in [6, 6.07) is 0.170. The lowest BCUT2D eigenvalue weighted by Crippen LogP contribution is -2.49. The average Bonchev–Trinajstić information content (AvgIpc) is 2.22. The van der Waals surface area contributed by atoms with E-state index >= 15 is 0 Å². The number of nitrogens with two attached hydrogens (primary N) is 1. The second-order valence-electron chi connectivity index (χ2n) is 5.18. The predicted octanol–water partition coefficient (Wildman–Crippen LogP) is 1.74. The highest BCUT2D eigenvalue weighted by atomic mass is 16.3. The maximum atomic E-state index is 9.60. The van der Waals surface area contributed by atoms with E-state index in [0.717, 1.165) is 26.1 Å². The third-order valence-electron chi connectivity index (χ3n) is 3.36. The van der Waals surface area contributed by atoms with Crippen molar-refractivity contribution in [2.75, 3.05) is 19.6 Å². The zero-order valence-corrected chi connectivity index (χ0v) is 10.7. The summed E-state index contributed by atoms with van der Waals surface area (Å²) in [6.45, 7) is 5.14. The Bertz CT molecular complexity index is 165. The summed E-state index contributed by atoms with van der Waals surface area (Å²) in [7, 11) is 0. The minimum atomic E-state index is -0.205. The number of likely N-dealkylation sites (tertiary alicyclic amines) is 1. The van der Waals surface area contributed by atoms with Crippen LogP contribution in [0.25, 0.3) is 0 Å². The number of hydrogen-bond acceptors (Lipinski definition) is 3. The molecule has 2 atom stereocenters. The quantitative estimate of drug-likeness (QED) is 0.653. The number of nitrogens with zero attached hydrogens (tertiary/aromatic N) is 1. The monoisotopic (exact) mass is 228 g/mol. The molecule has 0 bridgehead atoms. The number of unbranched alkanes of at least 4 members (excludes halogenated alkanes) is 5. The van der Waals surface area contributed by atoms with Crippen LogP contribution in [0.4, 0.5) is 0 Å². The molecule has 1 saturated heterocycles. The first-order chi connectivity index (χ1) is 7.72. The van der Waals surface area contributed by atoms with Crippen LogP contribution in [0.5, 0.6) is 0 Å². The molecule has 0 saturated carbocycles. The second-order valence-corrected chi connectivity index (χ2v) is 5.18. The zero-order chi connectivity index (χ0) is 11.8. The van der Waals surface area contributed by atoms with Gasteiger partial charge in [0.25, 0.3) is 0 Å². The molecule has 3 N–H and O–H groups in total. The molecule has 1 aliphatic heterocycles. The second kappa shape index (κ2) is 8.04. The van der Waals surface area contributed by atoms with Gasteiger partial charge in [-0.3, -0.25) is 4.90 Å². The molecular weight excluding hydrogens is 200 g/mol. The molecule has 1 rings (SSSR count). The SMILES string of the molecule is CCCCCCCCN1C[C@H](N)C[C@@H](O)C1. The number of hydrogen-bond donors (Lipinski definition) is 2. The Labute approximate surface area is 100 Å². The first-order valence-corrected chi connectivity index (χ1v) is 6.88. The predicted molar refractivity (Wildman–Crippen MR) is 68.4 cm³/mol. The van der Waals surface area contributed by atoms with Crippen LogP contribution >= 0.6 is 0 Å². The summed E-state index contributed by atoms with van der Waals surface area (Å²) in [5, 5.41) is 9.60. The molecule has 1 aliphatic rings. The van der Waals surface area contributed by atoms with Crippen molar-refractivity contribution in [3.05, 3.63) is 0 Å². The topological polar surface area (TPSA) is 49.5 Å². The van der Waals surface area contributed by atoms with Gasteiger partial charge in [-0.15, -0.1) is 0 Å². The lowest BCUT2D eigenvalue weighted by atomic mass is 10.0. The van der Waals surface area contributed by atoms with Gasteiger partial charge in [0.15, 0.2) is 0 Å². The zero-order valence-electron chi connectivity index (χ0n) is 10.7. The summed E-state index contributed by atoms with van der Waals surface area (Å²) >= 11 is 0. The summed E-state index contributed by atoms with van der Waals surface area (Å²) in [5.74, 6) is 0. The number of piperidine rings is 1. The Kier molecular flexibility index (Phi) is 7.01. The van der Waals surface area contributed by atoms with Crippen molar-refractivity contribution in [1.82, 2.24) is 4.90 Å². The third kappa shape index (κ3) is 5.83. The molecule has 1 fully saturated rings. The fourth-order valence-electron chi connectivity index (χ4n) is 2.50. The lowest BCUT2D eigenvalue weighted by molar-refractivity contribution is 0.0594. The van der Waals surface area contributed by atoms with E-state index < -0.39 is 0 Å². The van der Waals surface area contributed by atoms with Crippen molar-refractivity contribution in [2.24, 2.45) is 5.73 Å². The molecule has 0 aliphatic carbocycles. The van der Waals surface area contributed by atoms with E-state index in [9.17, 15) is 5.11 Å². The molecular formula is C13H28N2O. The molecule has 0 radical (unpaired) electrons. The van der Waals surface area contributed by atoms with Gasteiger partial charge in [-0.05, 0) is 19.4 Å². The van der Waals surface area contributed by atoms with Crippen molar-refractivity contribution >= 4 is 0 Å². The average molecular weight is 228 g/mol. The van der Waals surface area contributed by atoms with Gasteiger partial charge in [0.05, 0.1) is 6.10 Å². The summed E-state index contributed by atoms with van der Waals surface area (Å²) < 4.78 is 0. The van der Waals surface area contributed by atoms with E-state index in [0.29, 0.717) is 0 Å². The van der Waals surface area contributed by atoms with E-state index in [-0.39, 0.29) is 12.1 Å².